The molecular formula is C20H15N3O4. The maximum absolute atomic E-state index is 12.6. The van der Waals surface area contributed by atoms with Crippen LogP contribution in [-0.4, -0.2) is 34.1 Å². The molecule has 0 fully saturated rings. The number of fused-ring (bicyclic) bond motifs is 2. The molecule has 0 spiro atoms. The van der Waals surface area contributed by atoms with Gasteiger partial charge in [0.1, 0.15) is 17.1 Å². The third-order valence-corrected chi connectivity index (χ3v) is 4.29. The van der Waals surface area contributed by atoms with E-state index >= 15 is 0 Å². The number of carbonyl (C=O) groups is 2. The number of nitrogens with zero attached hydrogens (tertiary/aromatic N) is 1. The Labute approximate surface area is 153 Å². The lowest BCUT2D eigenvalue weighted by Gasteiger charge is -2.08. The van der Waals surface area contributed by atoms with Crippen LogP contribution < -0.4 is 10.1 Å². The average molecular weight is 361 g/mol. The van der Waals surface area contributed by atoms with E-state index in [-0.39, 0.29) is 17.3 Å². The fourth-order valence-corrected chi connectivity index (χ4v) is 2.96. The van der Waals surface area contributed by atoms with Gasteiger partial charge in [-0.2, -0.15) is 0 Å². The SMILES string of the molecule is COc1cccc2cnc(C(=O)Nc3ccc4[nH]c(C(=O)O)cc4c3)cc12. The minimum atomic E-state index is -1.04. The first kappa shape index (κ1) is 16.6. The quantitative estimate of drug-likeness (QED) is 0.514. The Kier molecular flexibility index (Phi) is 3.97. The van der Waals surface area contributed by atoms with Crippen molar-refractivity contribution in [1.29, 1.82) is 0 Å². The highest BCUT2D eigenvalue weighted by atomic mass is 16.5. The van der Waals surface area contributed by atoms with E-state index < -0.39 is 5.97 Å². The lowest BCUT2D eigenvalue weighted by Crippen LogP contribution is -2.13. The summed E-state index contributed by atoms with van der Waals surface area (Å²) in [5.74, 6) is -0.735. The molecule has 0 unspecified atom stereocenters. The maximum atomic E-state index is 12.6. The Morgan fingerprint density at radius 2 is 1.96 bits per heavy atom. The zero-order valence-corrected chi connectivity index (χ0v) is 14.3. The smallest absolute Gasteiger partial charge is 0.352 e. The number of anilines is 1. The number of hydrogen-bond donors (Lipinski definition) is 3. The number of aromatic carboxylic acids is 1. The van der Waals surface area contributed by atoms with Crippen molar-refractivity contribution in [1.82, 2.24) is 9.97 Å². The summed E-state index contributed by atoms with van der Waals surface area (Å²) in [5, 5.41) is 14.2. The Morgan fingerprint density at radius 3 is 2.74 bits per heavy atom. The van der Waals surface area contributed by atoms with Gasteiger partial charge in [-0.05, 0) is 36.4 Å². The number of carboxylic acid groups (broad SMARTS) is 1. The molecule has 2 aromatic heterocycles. The van der Waals surface area contributed by atoms with Crippen LogP contribution in [0.15, 0.2) is 54.7 Å². The van der Waals surface area contributed by atoms with Gasteiger partial charge in [0.05, 0.1) is 7.11 Å². The van der Waals surface area contributed by atoms with Gasteiger partial charge in [0.15, 0.2) is 0 Å². The molecule has 1 amide bonds. The molecule has 0 aliphatic heterocycles. The number of benzene rings is 2. The second-order valence-corrected chi connectivity index (χ2v) is 6.00. The van der Waals surface area contributed by atoms with Crippen LogP contribution >= 0.6 is 0 Å². The number of carboxylic acids is 1. The topological polar surface area (TPSA) is 104 Å². The Balaban J connectivity index is 1.64. The fraction of sp³-hybridized carbons (Fsp3) is 0.0500. The molecule has 0 saturated heterocycles. The van der Waals surface area contributed by atoms with Crippen LogP contribution in [0, 0.1) is 0 Å². The summed E-state index contributed by atoms with van der Waals surface area (Å²) in [6.07, 6.45) is 1.63. The van der Waals surface area contributed by atoms with Gasteiger partial charge < -0.3 is 20.1 Å². The number of ether oxygens (including phenoxy) is 1. The molecule has 4 rings (SSSR count). The number of carbonyl (C=O) groups excluding carboxylic acids is 1. The largest absolute Gasteiger partial charge is 0.496 e. The number of aromatic nitrogens is 2. The lowest BCUT2D eigenvalue weighted by molar-refractivity contribution is 0.0691. The van der Waals surface area contributed by atoms with E-state index in [1.165, 1.54) is 6.07 Å². The van der Waals surface area contributed by atoms with E-state index in [4.69, 9.17) is 9.84 Å². The van der Waals surface area contributed by atoms with Crippen molar-refractivity contribution in [2.24, 2.45) is 0 Å². The Bertz CT molecular complexity index is 1200. The van der Waals surface area contributed by atoms with Crippen molar-refractivity contribution >= 4 is 39.2 Å². The molecule has 0 atom stereocenters. The zero-order chi connectivity index (χ0) is 19.0. The summed E-state index contributed by atoms with van der Waals surface area (Å²) in [7, 11) is 1.58. The van der Waals surface area contributed by atoms with Crippen molar-refractivity contribution in [2.45, 2.75) is 0 Å². The van der Waals surface area contributed by atoms with Crippen molar-refractivity contribution in [3.05, 3.63) is 66.1 Å². The molecule has 4 aromatic rings. The highest BCUT2D eigenvalue weighted by Crippen LogP contribution is 2.26. The summed E-state index contributed by atoms with van der Waals surface area (Å²) in [6.45, 7) is 0. The summed E-state index contributed by atoms with van der Waals surface area (Å²) in [4.78, 5) is 30.7. The summed E-state index contributed by atoms with van der Waals surface area (Å²) in [6, 6.07) is 13.9. The van der Waals surface area contributed by atoms with Crippen molar-refractivity contribution in [3.8, 4) is 5.75 Å². The van der Waals surface area contributed by atoms with Gasteiger partial charge in [0.2, 0.25) is 0 Å². The molecule has 0 radical (unpaired) electrons. The highest BCUT2D eigenvalue weighted by molar-refractivity contribution is 6.06. The first-order valence-electron chi connectivity index (χ1n) is 8.15. The average Bonchev–Trinajstić information content (AvgIpc) is 3.10. The molecule has 134 valence electrons. The van der Waals surface area contributed by atoms with Gasteiger partial charge in [-0.1, -0.05) is 12.1 Å². The third kappa shape index (κ3) is 3.06. The first-order valence-corrected chi connectivity index (χ1v) is 8.15. The second kappa shape index (κ2) is 6.45. The standard InChI is InChI=1S/C20H15N3O4/c1-27-18-4-2-3-11-10-21-16(9-14(11)18)19(24)22-13-5-6-15-12(7-13)8-17(23-15)20(25)26/h2-10,23H,1H3,(H,22,24)(H,25,26). The molecule has 0 aliphatic carbocycles. The molecule has 0 aliphatic rings. The number of hydrogen-bond acceptors (Lipinski definition) is 4. The minimum Gasteiger partial charge on any atom is -0.496 e. The second-order valence-electron chi connectivity index (χ2n) is 6.00. The van der Waals surface area contributed by atoms with E-state index in [1.54, 1.807) is 37.6 Å². The van der Waals surface area contributed by atoms with Gasteiger partial charge in [-0.3, -0.25) is 9.78 Å². The number of rotatable bonds is 4. The Hall–Kier alpha value is -3.87. The highest BCUT2D eigenvalue weighted by Gasteiger charge is 2.12. The van der Waals surface area contributed by atoms with E-state index in [0.717, 1.165) is 10.8 Å². The van der Waals surface area contributed by atoms with E-state index in [2.05, 4.69) is 15.3 Å². The van der Waals surface area contributed by atoms with Crippen LogP contribution in [0.3, 0.4) is 0 Å². The van der Waals surface area contributed by atoms with Crippen molar-refractivity contribution in [3.63, 3.8) is 0 Å². The van der Waals surface area contributed by atoms with Crippen LogP contribution in [0.25, 0.3) is 21.7 Å². The molecular weight excluding hydrogens is 346 g/mol. The van der Waals surface area contributed by atoms with E-state index in [0.29, 0.717) is 22.3 Å². The number of amides is 1. The van der Waals surface area contributed by atoms with Crippen LogP contribution in [0.1, 0.15) is 21.0 Å². The molecule has 7 nitrogen and oxygen atoms in total. The van der Waals surface area contributed by atoms with Crippen LogP contribution in [0.5, 0.6) is 5.75 Å². The first-order chi connectivity index (χ1) is 13.0. The predicted octanol–water partition coefficient (Wildman–Crippen LogP) is 3.68. The van der Waals surface area contributed by atoms with E-state index in [1.807, 2.05) is 18.2 Å². The molecule has 27 heavy (non-hydrogen) atoms. The van der Waals surface area contributed by atoms with E-state index in [9.17, 15) is 9.59 Å². The third-order valence-electron chi connectivity index (χ3n) is 4.29. The predicted molar refractivity (Wildman–Crippen MR) is 102 cm³/mol. The zero-order valence-electron chi connectivity index (χ0n) is 14.3. The van der Waals surface area contributed by atoms with Gasteiger partial charge in [-0.25, -0.2) is 4.79 Å². The minimum absolute atomic E-state index is 0.0942. The molecule has 3 N–H and O–H groups in total. The van der Waals surface area contributed by atoms with Crippen LogP contribution in [0.2, 0.25) is 0 Å². The summed E-state index contributed by atoms with van der Waals surface area (Å²) >= 11 is 0. The van der Waals surface area contributed by atoms with Crippen molar-refractivity contribution in [2.75, 3.05) is 12.4 Å². The van der Waals surface area contributed by atoms with Gasteiger partial charge >= 0.3 is 5.97 Å². The number of nitrogens with one attached hydrogen (secondary N) is 2. The molecule has 2 heterocycles. The number of H-pyrrole nitrogens is 1. The van der Waals surface area contributed by atoms with Gasteiger partial charge in [0.25, 0.3) is 5.91 Å². The summed E-state index contributed by atoms with van der Waals surface area (Å²) < 4.78 is 5.34. The number of pyridine rings is 1. The van der Waals surface area contributed by atoms with Crippen molar-refractivity contribution < 1.29 is 19.4 Å². The molecule has 0 saturated carbocycles. The number of methoxy groups -OCH3 is 1. The molecule has 0 bridgehead atoms. The Morgan fingerprint density at radius 1 is 1.11 bits per heavy atom. The fourth-order valence-electron chi connectivity index (χ4n) is 2.96. The maximum Gasteiger partial charge on any atom is 0.352 e. The summed E-state index contributed by atoms with van der Waals surface area (Å²) in [5.41, 5.74) is 1.58. The lowest BCUT2D eigenvalue weighted by atomic mass is 10.1. The normalized spacial score (nSPS) is 10.9. The molecule has 7 heteroatoms. The van der Waals surface area contributed by atoms with Gasteiger partial charge in [0, 0.05) is 33.6 Å². The van der Waals surface area contributed by atoms with Crippen LogP contribution in [-0.2, 0) is 0 Å². The number of aromatic amines is 1. The molecule has 2 aromatic carbocycles. The van der Waals surface area contributed by atoms with Crippen LogP contribution in [0.4, 0.5) is 5.69 Å². The monoisotopic (exact) mass is 361 g/mol. The van der Waals surface area contributed by atoms with Gasteiger partial charge in [-0.15, -0.1) is 0 Å².